The summed E-state index contributed by atoms with van der Waals surface area (Å²) in [6.07, 6.45) is 7.77. The van der Waals surface area contributed by atoms with Gasteiger partial charge in [-0.05, 0) is 45.6 Å². The first-order valence-corrected chi connectivity index (χ1v) is 12.2. The molecule has 6 heteroatoms. The van der Waals surface area contributed by atoms with Crippen LogP contribution in [0, 0.1) is 20.8 Å². The van der Waals surface area contributed by atoms with Gasteiger partial charge in [0.15, 0.2) is 0 Å². The summed E-state index contributed by atoms with van der Waals surface area (Å²) in [5.41, 5.74) is 4.78. The van der Waals surface area contributed by atoms with Crippen LogP contribution in [0.3, 0.4) is 0 Å². The van der Waals surface area contributed by atoms with Gasteiger partial charge in [0.2, 0.25) is 0 Å². The first-order chi connectivity index (χ1) is 15.5. The van der Waals surface area contributed by atoms with Gasteiger partial charge in [-0.15, -0.1) is 0 Å². The Balaban J connectivity index is 1.47. The number of nitrogens with zero attached hydrogens (tertiary/aromatic N) is 4. The second-order valence-electron chi connectivity index (χ2n) is 9.43. The Bertz CT molecular complexity index is 921. The van der Waals surface area contributed by atoms with Crippen LogP contribution in [0.15, 0.2) is 24.3 Å². The summed E-state index contributed by atoms with van der Waals surface area (Å²) in [5.74, 6) is 1.84. The van der Waals surface area contributed by atoms with Crippen molar-refractivity contribution in [1.82, 2.24) is 20.2 Å². The number of aryl methyl sites for hydroxylation is 3. The number of aromatic nitrogens is 2. The summed E-state index contributed by atoms with van der Waals surface area (Å²) in [4.78, 5) is 26.8. The molecule has 0 spiro atoms. The van der Waals surface area contributed by atoms with Crippen molar-refractivity contribution >= 4 is 11.8 Å². The molecule has 1 aromatic carbocycles. The van der Waals surface area contributed by atoms with Gasteiger partial charge in [-0.25, -0.2) is 14.8 Å². The molecule has 1 aliphatic carbocycles. The van der Waals surface area contributed by atoms with Gasteiger partial charge < -0.3 is 15.1 Å². The minimum absolute atomic E-state index is 0.105. The van der Waals surface area contributed by atoms with Crippen LogP contribution in [0.5, 0.6) is 0 Å². The van der Waals surface area contributed by atoms with Crippen molar-refractivity contribution in [3.63, 3.8) is 0 Å². The molecule has 2 aromatic rings. The van der Waals surface area contributed by atoms with E-state index < -0.39 is 0 Å². The monoisotopic (exact) mass is 435 g/mol. The Labute approximate surface area is 192 Å². The molecule has 32 heavy (non-hydrogen) atoms. The third kappa shape index (κ3) is 5.59. The number of amides is 2. The van der Waals surface area contributed by atoms with Gasteiger partial charge in [0.1, 0.15) is 11.6 Å². The lowest BCUT2D eigenvalue weighted by molar-refractivity contribution is 0.193. The molecule has 0 unspecified atom stereocenters. The molecule has 1 saturated carbocycles. The summed E-state index contributed by atoms with van der Waals surface area (Å²) in [7, 11) is 0. The fraction of sp³-hybridized carbons (Fsp3) is 0.577. The highest BCUT2D eigenvalue weighted by atomic mass is 16.2. The van der Waals surface area contributed by atoms with Crippen LogP contribution in [0.1, 0.15) is 66.7 Å². The van der Waals surface area contributed by atoms with Gasteiger partial charge in [0.05, 0.1) is 0 Å². The van der Waals surface area contributed by atoms with Gasteiger partial charge in [-0.3, -0.25) is 0 Å². The lowest BCUT2D eigenvalue weighted by atomic mass is 9.96. The molecule has 2 fully saturated rings. The average molecular weight is 436 g/mol. The van der Waals surface area contributed by atoms with Crippen molar-refractivity contribution in [3.05, 3.63) is 52.5 Å². The van der Waals surface area contributed by atoms with E-state index in [1.54, 1.807) is 0 Å². The van der Waals surface area contributed by atoms with Gasteiger partial charge in [-0.1, -0.05) is 49.1 Å². The number of rotatable bonds is 4. The largest absolute Gasteiger partial charge is 0.354 e. The van der Waals surface area contributed by atoms with Crippen molar-refractivity contribution in [2.45, 2.75) is 71.8 Å². The molecule has 1 aliphatic heterocycles. The highest BCUT2D eigenvalue weighted by Crippen LogP contribution is 2.25. The number of hydrogen-bond donors (Lipinski definition) is 1. The van der Waals surface area contributed by atoms with Gasteiger partial charge in [0, 0.05) is 49.9 Å². The predicted molar refractivity (Wildman–Crippen MR) is 129 cm³/mol. The molecule has 0 bridgehead atoms. The van der Waals surface area contributed by atoms with Crippen molar-refractivity contribution in [3.8, 4) is 0 Å². The summed E-state index contributed by atoms with van der Waals surface area (Å²) in [6.45, 7) is 9.40. The maximum Gasteiger partial charge on any atom is 0.317 e. The zero-order chi connectivity index (χ0) is 22.5. The predicted octanol–water partition coefficient (Wildman–Crippen LogP) is 4.55. The van der Waals surface area contributed by atoms with Gasteiger partial charge >= 0.3 is 6.03 Å². The Morgan fingerprint density at radius 2 is 1.69 bits per heavy atom. The number of benzene rings is 1. The summed E-state index contributed by atoms with van der Waals surface area (Å²) in [6, 6.07) is 9.16. The topological polar surface area (TPSA) is 61.4 Å². The molecule has 2 aliphatic rings. The zero-order valence-corrected chi connectivity index (χ0v) is 19.9. The third-order valence-electron chi connectivity index (χ3n) is 6.82. The van der Waals surface area contributed by atoms with E-state index in [1.165, 1.54) is 36.0 Å². The van der Waals surface area contributed by atoms with E-state index >= 15 is 0 Å². The van der Waals surface area contributed by atoms with Gasteiger partial charge in [0.25, 0.3) is 0 Å². The lowest BCUT2D eigenvalue weighted by Crippen LogP contribution is -2.46. The van der Waals surface area contributed by atoms with E-state index in [9.17, 15) is 4.79 Å². The standard InChI is InChI=1S/C26H37N5O/c1-19-10-12-22(13-11-19)18-24-20(2)27-21(3)28-25(24)30-14-7-15-31(17-16-30)26(32)29-23-8-5-4-6-9-23/h10-13,23H,4-9,14-18H2,1-3H3,(H,29,32). The first-order valence-electron chi connectivity index (χ1n) is 12.2. The molecular weight excluding hydrogens is 398 g/mol. The van der Waals surface area contributed by atoms with Crippen LogP contribution in [0.2, 0.25) is 0 Å². The Kier molecular flexibility index (Phi) is 7.28. The van der Waals surface area contributed by atoms with Gasteiger partial charge in [-0.2, -0.15) is 0 Å². The smallest absolute Gasteiger partial charge is 0.317 e. The maximum absolute atomic E-state index is 12.9. The van der Waals surface area contributed by atoms with E-state index in [-0.39, 0.29) is 6.03 Å². The molecule has 0 radical (unpaired) electrons. The summed E-state index contributed by atoms with van der Waals surface area (Å²) in [5, 5.41) is 3.28. The van der Waals surface area contributed by atoms with Crippen LogP contribution in [-0.4, -0.2) is 53.1 Å². The first kappa shape index (κ1) is 22.6. The molecule has 172 valence electrons. The van der Waals surface area contributed by atoms with Crippen molar-refractivity contribution in [2.75, 3.05) is 31.1 Å². The number of nitrogens with one attached hydrogen (secondary N) is 1. The second kappa shape index (κ2) is 10.3. The van der Waals surface area contributed by atoms with Crippen molar-refractivity contribution < 1.29 is 4.79 Å². The Morgan fingerprint density at radius 3 is 2.44 bits per heavy atom. The lowest BCUT2D eigenvalue weighted by Gasteiger charge is -2.28. The fourth-order valence-corrected chi connectivity index (χ4v) is 4.94. The molecule has 4 rings (SSSR count). The summed E-state index contributed by atoms with van der Waals surface area (Å²) < 4.78 is 0. The third-order valence-corrected chi connectivity index (χ3v) is 6.82. The zero-order valence-electron chi connectivity index (χ0n) is 19.9. The molecule has 2 heterocycles. The number of hydrogen-bond acceptors (Lipinski definition) is 4. The average Bonchev–Trinajstić information content (AvgIpc) is 3.04. The number of urea groups is 1. The number of anilines is 1. The molecule has 1 N–H and O–H groups in total. The van der Waals surface area contributed by atoms with Crippen LogP contribution in [0.25, 0.3) is 0 Å². The quantitative estimate of drug-likeness (QED) is 0.766. The molecule has 6 nitrogen and oxygen atoms in total. The second-order valence-corrected chi connectivity index (χ2v) is 9.43. The van der Waals surface area contributed by atoms with Crippen LogP contribution in [-0.2, 0) is 6.42 Å². The molecular formula is C26H37N5O. The van der Waals surface area contributed by atoms with Crippen LogP contribution >= 0.6 is 0 Å². The highest BCUT2D eigenvalue weighted by Gasteiger charge is 2.25. The Morgan fingerprint density at radius 1 is 0.938 bits per heavy atom. The fourth-order valence-electron chi connectivity index (χ4n) is 4.94. The highest BCUT2D eigenvalue weighted by molar-refractivity contribution is 5.74. The minimum Gasteiger partial charge on any atom is -0.354 e. The normalized spacial score (nSPS) is 17.8. The molecule has 1 saturated heterocycles. The number of carbonyl (C=O) groups is 1. The van der Waals surface area contributed by atoms with E-state index in [0.717, 1.165) is 69.2 Å². The number of carbonyl (C=O) groups excluding carboxylic acids is 1. The Hall–Kier alpha value is -2.63. The van der Waals surface area contributed by atoms with Crippen molar-refractivity contribution in [1.29, 1.82) is 0 Å². The van der Waals surface area contributed by atoms with E-state index in [0.29, 0.717) is 6.04 Å². The van der Waals surface area contributed by atoms with E-state index in [4.69, 9.17) is 4.98 Å². The molecule has 2 amide bonds. The summed E-state index contributed by atoms with van der Waals surface area (Å²) >= 11 is 0. The minimum atomic E-state index is 0.105. The maximum atomic E-state index is 12.9. The van der Waals surface area contributed by atoms with Crippen LogP contribution < -0.4 is 10.2 Å². The molecule has 1 aromatic heterocycles. The van der Waals surface area contributed by atoms with E-state index in [1.807, 2.05) is 11.8 Å². The molecule has 0 atom stereocenters. The van der Waals surface area contributed by atoms with Crippen LogP contribution in [0.4, 0.5) is 10.6 Å². The SMILES string of the molecule is Cc1ccc(Cc2c(C)nc(C)nc2N2CCCN(C(=O)NC3CCCCC3)CC2)cc1. The van der Waals surface area contributed by atoms with E-state index in [2.05, 4.69) is 53.3 Å². The van der Waals surface area contributed by atoms with Crippen molar-refractivity contribution in [2.24, 2.45) is 0 Å².